The second-order valence-electron chi connectivity index (χ2n) is 23.7. The Morgan fingerprint density at radius 2 is 1.23 bits per heavy atom. The maximum absolute atomic E-state index is 14.7. The van der Waals surface area contributed by atoms with Crippen LogP contribution < -0.4 is 0 Å². The van der Waals surface area contributed by atoms with Gasteiger partial charge in [-0.1, -0.05) is 53.2 Å². The molecule has 0 amide bonds. The van der Waals surface area contributed by atoms with E-state index in [1.807, 2.05) is 6.92 Å². The fourth-order valence-corrected chi connectivity index (χ4v) is 15.3. The molecular formula is C49H78O21. The fraction of sp³-hybridized carbons (Fsp3) is 0.918. The van der Waals surface area contributed by atoms with E-state index >= 15 is 0 Å². The maximum Gasteiger partial charge on any atom is 0.337 e. The van der Waals surface area contributed by atoms with Gasteiger partial charge in [0.25, 0.3) is 0 Å². The second kappa shape index (κ2) is 19.3. The van der Waals surface area contributed by atoms with Crippen molar-refractivity contribution in [3.63, 3.8) is 0 Å². The Morgan fingerprint density at radius 1 is 0.657 bits per heavy atom. The molecule has 8 rings (SSSR count). The van der Waals surface area contributed by atoms with Crippen LogP contribution in [-0.4, -0.2) is 204 Å². The van der Waals surface area contributed by atoms with E-state index in [4.69, 9.17) is 33.2 Å². The van der Waals surface area contributed by atoms with E-state index in [0.717, 1.165) is 19.1 Å². The number of carbonyl (C=O) groups is 2. The van der Waals surface area contributed by atoms with Crippen LogP contribution in [-0.2, 0) is 42.7 Å². The molecule has 0 bridgehead atoms. The summed E-state index contributed by atoms with van der Waals surface area (Å²) in [5.74, 6) is -2.20. The minimum Gasteiger partial charge on any atom is -0.467 e. The van der Waals surface area contributed by atoms with Gasteiger partial charge in [0, 0.05) is 5.41 Å². The first-order chi connectivity index (χ1) is 32.7. The molecule has 4 saturated carbocycles. The number of rotatable bonds is 10. The predicted molar refractivity (Wildman–Crippen MR) is 238 cm³/mol. The topological polar surface area (TPSA) is 342 Å². The lowest BCUT2D eigenvalue weighted by atomic mass is 9.33. The number of hydrogen-bond acceptors (Lipinski definition) is 21. The smallest absolute Gasteiger partial charge is 0.337 e. The first-order valence-electron chi connectivity index (χ1n) is 25.0. The normalized spacial score (nSPS) is 53.3. The Balaban J connectivity index is 1.05. The molecule has 21 heteroatoms. The zero-order chi connectivity index (χ0) is 51.4. The van der Waals surface area contributed by atoms with Gasteiger partial charge in [0.15, 0.2) is 18.7 Å². The third-order valence-electron chi connectivity index (χ3n) is 19.6. The van der Waals surface area contributed by atoms with Crippen molar-refractivity contribution < 1.29 is 104 Å². The molecule has 8 aliphatic rings. The zero-order valence-corrected chi connectivity index (χ0v) is 41.2. The Kier molecular flexibility index (Phi) is 15.0. The lowest BCUT2D eigenvalue weighted by Crippen LogP contribution is -2.70. The van der Waals surface area contributed by atoms with Gasteiger partial charge in [-0.2, -0.15) is 0 Å². The number of fused-ring (bicyclic) bond motifs is 7. The number of methoxy groups -OCH3 is 1. The Morgan fingerprint density at radius 3 is 1.83 bits per heavy atom. The third-order valence-corrected chi connectivity index (χ3v) is 19.6. The van der Waals surface area contributed by atoms with Gasteiger partial charge < -0.3 is 94.4 Å². The highest BCUT2D eigenvalue weighted by atomic mass is 16.8. The van der Waals surface area contributed by atoms with Crippen LogP contribution in [0.15, 0.2) is 11.6 Å². The van der Waals surface area contributed by atoms with E-state index in [-0.39, 0.29) is 35.0 Å². The van der Waals surface area contributed by atoms with Crippen molar-refractivity contribution >= 4 is 11.9 Å². The van der Waals surface area contributed by atoms with Gasteiger partial charge in [-0.3, -0.25) is 4.79 Å². The minimum atomic E-state index is -1.99. The van der Waals surface area contributed by atoms with Crippen LogP contribution in [0.1, 0.15) is 99.3 Å². The van der Waals surface area contributed by atoms with E-state index in [2.05, 4.69) is 40.7 Å². The largest absolute Gasteiger partial charge is 0.467 e. The van der Waals surface area contributed by atoms with E-state index in [9.17, 15) is 70.9 Å². The lowest BCUT2D eigenvalue weighted by molar-refractivity contribution is -0.369. The van der Waals surface area contributed by atoms with Crippen LogP contribution in [0.5, 0.6) is 0 Å². The first kappa shape index (κ1) is 54.3. The SMILES string of the molecule is COC(=O)C1OC(OC2C(O)CC3(C)C(CCC4(C)C3CC=C3C5CC(C)(C)CCC5(C(=O)OC5OC(CO)C(O)C(O)C5O)CCC34C)C2(C)CO)C(O)C(O)C1OC1OC(CO)C(O)C(O)C1O. The Labute approximate surface area is 407 Å². The number of ether oxygens (including phenoxy) is 7. The van der Waals surface area contributed by atoms with Crippen molar-refractivity contribution in [1.82, 2.24) is 0 Å². The van der Waals surface area contributed by atoms with Gasteiger partial charge in [0.1, 0.15) is 67.1 Å². The molecule has 3 saturated heterocycles. The number of aliphatic hydroxyl groups is 12. The number of aliphatic hydroxyl groups excluding tert-OH is 12. The summed E-state index contributed by atoms with van der Waals surface area (Å²) in [6.45, 7) is 11.0. The summed E-state index contributed by atoms with van der Waals surface area (Å²) in [5, 5.41) is 129. The van der Waals surface area contributed by atoms with Gasteiger partial charge in [0.2, 0.25) is 6.29 Å². The van der Waals surface area contributed by atoms with E-state index in [1.165, 1.54) is 0 Å². The van der Waals surface area contributed by atoms with Crippen molar-refractivity contribution in [1.29, 1.82) is 0 Å². The first-order valence-corrected chi connectivity index (χ1v) is 25.0. The molecule has 3 heterocycles. The molecule has 0 aromatic rings. The Hall–Kier alpha value is -2.00. The number of hydrogen-bond donors (Lipinski definition) is 12. The summed E-state index contributed by atoms with van der Waals surface area (Å²) in [6, 6.07) is 0. The van der Waals surface area contributed by atoms with Crippen LogP contribution >= 0.6 is 0 Å². The number of carbonyl (C=O) groups excluding carboxylic acids is 2. The molecular weight excluding hydrogens is 925 g/mol. The highest BCUT2D eigenvalue weighted by Crippen LogP contribution is 2.76. The van der Waals surface area contributed by atoms with Gasteiger partial charge >= 0.3 is 11.9 Å². The molecule has 5 aliphatic carbocycles. The lowest BCUT2D eigenvalue weighted by Gasteiger charge is -2.72. The predicted octanol–water partition coefficient (Wildman–Crippen LogP) is -1.74. The average Bonchev–Trinajstić information content (AvgIpc) is 3.32. The molecule has 21 nitrogen and oxygen atoms in total. The van der Waals surface area contributed by atoms with Crippen molar-refractivity contribution in [3.8, 4) is 0 Å². The van der Waals surface area contributed by atoms with Crippen molar-refractivity contribution in [2.24, 2.45) is 50.2 Å². The molecule has 400 valence electrons. The van der Waals surface area contributed by atoms with E-state index in [1.54, 1.807) is 0 Å². The second-order valence-corrected chi connectivity index (χ2v) is 23.7. The number of esters is 2. The third kappa shape index (κ3) is 8.33. The van der Waals surface area contributed by atoms with Crippen LogP contribution in [0.25, 0.3) is 0 Å². The fourth-order valence-electron chi connectivity index (χ4n) is 15.3. The van der Waals surface area contributed by atoms with Crippen LogP contribution in [0.3, 0.4) is 0 Å². The molecule has 0 aromatic heterocycles. The average molecular weight is 1000 g/mol. The van der Waals surface area contributed by atoms with Crippen molar-refractivity contribution in [2.75, 3.05) is 26.9 Å². The minimum absolute atomic E-state index is 0.0403. The monoisotopic (exact) mass is 1000 g/mol. The van der Waals surface area contributed by atoms with Gasteiger partial charge in [0.05, 0.1) is 44.6 Å². The summed E-state index contributed by atoms with van der Waals surface area (Å²) < 4.78 is 40.1. The summed E-state index contributed by atoms with van der Waals surface area (Å²) in [7, 11) is 1.04. The highest BCUT2D eigenvalue weighted by Gasteiger charge is 2.72. The summed E-state index contributed by atoms with van der Waals surface area (Å²) >= 11 is 0. The molecule has 25 atom stereocenters. The van der Waals surface area contributed by atoms with Gasteiger partial charge in [-0.05, 0) is 97.2 Å². The van der Waals surface area contributed by atoms with Crippen LogP contribution in [0, 0.1) is 50.2 Å². The van der Waals surface area contributed by atoms with Gasteiger partial charge in [-0.25, -0.2) is 4.79 Å². The molecule has 70 heavy (non-hydrogen) atoms. The zero-order valence-electron chi connectivity index (χ0n) is 41.2. The standard InChI is InChI=1S/C49H78O21/c1-44(2)12-14-49(43(63)70-41-34(60)31(57)29(55)25(19-51)66-41)15-13-47(5)21(22(49)16-44)8-9-27-45(3)17-23(53)38(46(4,20-52)26(45)10-11-48(27,47)6)69-42-35(61)32(58)36(37(68-42)39(62)64-7)67-40-33(59)30(56)28(54)24(18-50)65-40/h8,22-38,40-42,50-61H,9-20H2,1-7H3. The van der Waals surface area contributed by atoms with Crippen molar-refractivity contribution in [3.05, 3.63) is 11.6 Å². The molecule has 0 radical (unpaired) electrons. The highest BCUT2D eigenvalue weighted by molar-refractivity contribution is 5.79. The van der Waals surface area contributed by atoms with E-state index < -0.39 is 158 Å². The number of allylic oxidation sites excluding steroid dienone is 2. The Bertz CT molecular complexity index is 1950. The van der Waals surface area contributed by atoms with Gasteiger partial charge in [-0.15, -0.1) is 0 Å². The molecule has 0 aromatic carbocycles. The molecule has 0 spiro atoms. The molecule has 12 N–H and O–H groups in total. The maximum atomic E-state index is 14.7. The van der Waals surface area contributed by atoms with Crippen LogP contribution in [0.4, 0.5) is 0 Å². The quantitative estimate of drug-likeness (QED) is 0.0657. The van der Waals surface area contributed by atoms with Crippen LogP contribution in [0.2, 0.25) is 0 Å². The summed E-state index contributed by atoms with van der Waals surface area (Å²) in [5.41, 5.74) is -2.56. The van der Waals surface area contributed by atoms with Crippen molar-refractivity contribution in [2.45, 2.75) is 204 Å². The molecule has 7 fully saturated rings. The summed E-state index contributed by atoms with van der Waals surface area (Å²) in [4.78, 5) is 27.9. The summed E-state index contributed by atoms with van der Waals surface area (Å²) in [6.07, 6.45) is -21.0. The molecule has 25 unspecified atom stereocenters. The molecule has 3 aliphatic heterocycles. The van der Waals surface area contributed by atoms with E-state index in [0.29, 0.717) is 44.9 Å².